The summed E-state index contributed by atoms with van der Waals surface area (Å²) in [5.41, 5.74) is 1.32. The topological polar surface area (TPSA) is 55.2 Å². The van der Waals surface area contributed by atoms with E-state index < -0.39 is 0 Å². The number of hydrogen-bond acceptors (Lipinski definition) is 3. The van der Waals surface area contributed by atoms with Gasteiger partial charge in [0.25, 0.3) is 5.69 Å². The SMILES string of the molecule is CNCCCCc1ccc([N+](=O)[O-])cc1. The Bertz CT molecular complexity index is 309. The van der Waals surface area contributed by atoms with Gasteiger partial charge >= 0.3 is 0 Å². The van der Waals surface area contributed by atoms with Crippen molar-refractivity contribution >= 4 is 5.69 Å². The van der Waals surface area contributed by atoms with Crippen molar-refractivity contribution in [2.75, 3.05) is 13.6 Å². The van der Waals surface area contributed by atoms with E-state index >= 15 is 0 Å². The Balaban J connectivity index is 2.39. The smallest absolute Gasteiger partial charge is 0.269 e. The van der Waals surface area contributed by atoms with Gasteiger partial charge in [-0.25, -0.2) is 0 Å². The van der Waals surface area contributed by atoms with E-state index in [1.165, 1.54) is 0 Å². The van der Waals surface area contributed by atoms with Gasteiger partial charge in [-0.1, -0.05) is 12.1 Å². The Morgan fingerprint density at radius 2 is 1.93 bits per heavy atom. The number of nitro groups is 1. The van der Waals surface area contributed by atoms with Crippen molar-refractivity contribution in [1.29, 1.82) is 0 Å². The van der Waals surface area contributed by atoms with E-state index in [2.05, 4.69) is 5.32 Å². The minimum absolute atomic E-state index is 0.161. The van der Waals surface area contributed by atoms with Crippen LogP contribution in [0.25, 0.3) is 0 Å². The number of hydrogen-bond donors (Lipinski definition) is 1. The van der Waals surface area contributed by atoms with E-state index in [1.807, 2.05) is 19.2 Å². The van der Waals surface area contributed by atoms with Crippen LogP contribution in [0.5, 0.6) is 0 Å². The average molecular weight is 208 g/mol. The number of nitrogens with zero attached hydrogens (tertiary/aromatic N) is 1. The summed E-state index contributed by atoms with van der Waals surface area (Å²) in [4.78, 5) is 10.0. The van der Waals surface area contributed by atoms with Gasteiger partial charge in [-0.2, -0.15) is 0 Å². The molecule has 0 aromatic heterocycles. The summed E-state index contributed by atoms with van der Waals surface area (Å²) >= 11 is 0. The molecule has 0 atom stereocenters. The van der Waals surface area contributed by atoms with Crippen molar-refractivity contribution in [3.05, 3.63) is 39.9 Å². The molecule has 0 radical (unpaired) electrons. The second kappa shape index (κ2) is 6.14. The van der Waals surface area contributed by atoms with Crippen LogP contribution in [0.4, 0.5) is 5.69 Å². The number of non-ortho nitro benzene ring substituents is 1. The summed E-state index contributed by atoms with van der Waals surface area (Å²) in [6.07, 6.45) is 3.23. The standard InChI is InChI=1S/C11H16N2O2/c1-12-9-3-2-4-10-5-7-11(8-6-10)13(14)15/h5-8,12H,2-4,9H2,1H3. The summed E-state index contributed by atoms with van der Waals surface area (Å²) < 4.78 is 0. The molecule has 1 N–H and O–H groups in total. The lowest BCUT2D eigenvalue weighted by Crippen LogP contribution is -2.07. The Morgan fingerprint density at radius 1 is 1.27 bits per heavy atom. The van der Waals surface area contributed by atoms with Gasteiger partial charge < -0.3 is 5.32 Å². The fourth-order valence-corrected chi connectivity index (χ4v) is 1.42. The first-order valence-corrected chi connectivity index (χ1v) is 5.12. The number of nitro benzene ring substituents is 1. The lowest BCUT2D eigenvalue weighted by Gasteiger charge is -2.01. The summed E-state index contributed by atoms with van der Waals surface area (Å²) in [6, 6.07) is 6.79. The molecule has 1 aromatic carbocycles. The fourth-order valence-electron chi connectivity index (χ4n) is 1.42. The van der Waals surface area contributed by atoms with Gasteiger partial charge in [0, 0.05) is 12.1 Å². The maximum Gasteiger partial charge on any atom is 0.269 e. The van der Waals surface area contributed by atoms with Gasteiger partial charge in [-0.3, -0.25) is 10.1 Å². The van der Waals surface area contributed by atoms with Crippen LogP contribution >= 0.6 is 0 Å². The van der Waals surface area contributed by atoms with E-state index in [0.717, 1.165) is 31.4 Å². The van der Waals surface area contributed by atoms with Crippen LogP contribution in [0.15, 0.2) is 24.3 Å². The molecule has 4 nitrogen and oxygen atoms in total. The van der Waals surface area contributed by atoms with Crippen LogP contribution in [0, 0.1) is 10.1 Å². The molecule has 0 aliphatic heterocycles. The highest BCUT2D eigenvalue weighted by Gasteiger charge is 2.03. The van der Waals surface area contributed by atoms with E-state index in [9.17, 15) is 10.1 Å². The second-order valence-corrected chi connectivity index (χ2v) is 3.48. The molecular formula is C11H16N2O2. The van der Waals surface area contributed by atoms with Crippen molar-refractivity contribution in [3.8, 4) is 0 Å². The van der Waals surface area contributed by atoms with E-state index in [-0.39, 0.29) is 10.6 Å². The van der Waals surface area contributed by atoms with Gasteiger partial charge in [0.2, 0.25) is 0 Å². The molecule has 0 bridgehead atoms. The normalized spacial score (nSPS) is 10.2. The van der Waals surface area contributed by atoms with E-state index in [0.29, 0.717) is 0 Å². The first-order valence-electron chi connectivity index (χ1n) is 5.12. The predicted octanol–water partition coefficient (Wildman–Crippen LogP) is 2.14. The molecule has 0 unspecified atom stereocenters. The fraction of sp³-hybridized carbons (Fsp3) is 0.455. The Hall–Kier alpha value is -1.42. The lowest BCUT2D eigenvalue weighted by atomic mass is 10.1. The highest BCUT2D eigenvalue weighted by molar-refractivity contribution is 5.32. The van der Waals surface area contributed by atoms with Crippen LogP contribution in [-0.2, 0) is 6.42 Å². The number of nitrogens with one attached hydrogen (secondary N) is 1. The molecule has 1 aromatic rings. The number of benzene rings is 1. The highest BCUT2D eigenvalue weighted by atomic mass is 16.6. The second-order valence-electron chi connectivity index (χ2n) is 3.48. The third-order valence-corrected chi connectivity index (χ3v) is 2.29. The monoisotopic (exact) mass is 208 g/mol. The molecule has 82 valence electrons. The largest absolute Gasteiger partial charge is 0.320 e. The molecule has 0 saturated carbocycles. The Morgan fingerprint density at radius 3 is 2.47 bits per heavy atom. The Kier molecular flexibility index (Phi) is 4.77. The first-order chi connectivity index (χ1) is 7.24. The zero-order valence-corrected chi connectivity index (χ0v) is 8.90. The number of rotatable bonds is 6. The van der Waals surface area contributed by atoms with Crippen molar-refractivity contribution in [2.45, 2.75) is 19.3 Å². The third kappa shape index (κ3) is 4.08. The quantitative estimate of drug-likeness (QED) is 0.442. The zero-order valence-electron chi connectivity index (χ0n) is 8.90. The first kappa shape index (κ1) is 11.7. The van der Waals surface area contributed by atoms with Crippen molar-refractivity contribution in [3.63, 3.8) is 0 Å². The van der Waals surface area contributed by atoms with Gasteiger partial charge in [-0.15, -0.1) is 0 Å². The maximum atomic E-state index is 10.4. The van der Waals surface area contributed by atoms with E-state index in [1.54, 1.807) is 12.1 Å². The van der Waals surface area contributed by atoms with Crippen molar-refractivity contribution < 1.29 is 4.92 Å². The molecule has 0 aliphatic carbocycles. The van der Waals surface area contributed by atoms with Crippen LogP contribution in [0.1, 0.15) is 18.4 Å². The predicted molar refractivity (Wildman–Crippen MR) is 60.0 cm³/mol. The molecule has 0 heterocycles. The molecule has 0 spiro atoms. The van der Waals surface area contributed by atoms with Gasteiger partial charge in [0.15, 0.2) is 0 Å². The zero-order chi connectivity index (χ0) is 11.1. The lowest BCUT2D eigenvalue weighted by molar-refractivity contribution is -0.384. The van der Waals surface area contributed by atoms with Crippen LogP contribution in [-0.4, -0.2) is 18.5 Å². The molecule has 1 rings (SSSR count). The molecule has 15 heavy (non-hydrogen) atoms. The summed E-state index contributed by atoms with van der Waals surface area (Å²) in [7, 11) is 1.94. The van der Waals surface area contributed by atoms with Crippen molar-refractivity contribution in [2.24, 2.45) is 0 Å². The molecule has 0 fully saturated rings. The molecule has 0 aliphatic rings. The number of unbranched alkanes of at least 4 members (excludes halogenated alkanes) is 1. The average Bonchev–Trinajstić information content (AvgIpc) is 2.25. The third-order valence-electron chi connectivity index (χ3n) is 2.29. The summed E-state index contributed by atoms with van der Waals surface area (Å²) in [6.45, 7) is 1.02. The van der Waals surface area contributed by atoms with Crippen LogP contribution < -0.4 is 5.32 Å². The highest BCUT2D eigenvalue weighted by Crippen LogP contribution is 2.13. The molecular weight excluding hydrogens is 192 g/mol. The van der Waals surface area contributed by atoms with E-state index in [4.69, 9.17) is 0 Å². The van der Waals surface area contributed by atoms with Gasteiger partial charge in [-0.05, 0) is 38.4 Å². The number of aryl methyl sites for hydroxylation is 1. The van der Waals surface area contributed by atoms with Gasteiger partial charge in [0.05, 0.1) is 4.92 Å². The van der Waals surface area contributed by atoms with Gasteiger partial charge in [0.1, 0.15) is 0 Å². The minimum atomic E-state index is -0.370. The molecule has 4 heteroatoms. The van der Waals surface area contributed by atoms with Crippen LogP contribution in [0.2, 0.25) is 0 Å². The Labute approximate surface area is 89.5 Å². The van der Waals surface area contributed by atoms with Crippen LogP contribution in [0.3, 0.4) is 0 Å². The minimum Gasteiger partial charge on any atom is -0.320 e. The van der Waals surface area contributed by atoms with Crippen molar-refractivity contribution in [1.82, 2.24) is 5.32 Å². The molecule has 0 saturated heterocycles. The molecule has 0 amide bonds. The summed E-state index contributed by atoms with van der Waals surface area (Å²) in [5.74, 6) is 0. The maximum absolute atomic E-state index is 10.4. The summed E-state index contributed by atoms with van der Waals surface area (Å²) in [5, 5.41) is 13.5.